The Balaban J connectivity index is 1.82. The van der Waals surface area contributed by atoms with Crippen LogP contribution in [0.3, 0.4) is 0 Å². The average Bonchev–Trinajstić information content (AvgIpc) is 3.23. The second-order valence-corrected chi connectivity index (χ2v) is 5.24. The molecule has 2 aromatic heterocycles. The highest BCUT2D eigenvalue weighted by atomic mass is 16.2. The lowest BCUT2D eigenvalue weighted by molar-refractivity contribution is 0.259. The number of aromatic amines is 2. The van der Waals surface area contributed by atoms with Crippen molar-refractivity contribution in [3.8, 4) is 22.6 Å². The third-order valence-electron chi connectivity index (χ3n) is 3.65. The van der Waals surface area contributed by atoms with Crippen LogP contribution in [0.5, 0.6) is 0 Å². The summed E-state index contributed by atoms with van der Waals surface area (Å²) >= 11 is 0. The quantitative estimate of drug-likeness (QED) is 0.463. The highest BCUT2D eigenvalue weighted by Crippen LogP contribution is 2.30. The molecule has 0 atom stereocenters. The first-order chi connectivity index (χ1) is 11.7. The van der Waals surface area contributed by atoms with E-state index in [4.69, 9.17) is 5.73 Å². The van der Waals surface area contributed by atoms with Crippen LogP contribution >= 0.6 is 0 Å². The van der Waals surface area contributed by atoms with Crippen LogP contribution in [-0.2, 0) is 0 Å². The minimum atomic E-state index is -0.605. The van der Waals surface area contributed by atoms with Gasteiger partial charge in [0.25, 0.3) is 0 Å². The molecule has 0 unspecified atom stereocenters. The minimum Gasteiger partial charge on any atom is -0.351 e. The Labute approximate surface area is 136 Å². The van der Waals surface area contributed by atoms with E-state index >= 15 is 0 Å². The summed E-state index contributed by atoms with van der Waals surface area (Å²) < 4.78 is 0. The van der Waals surface area contributed by atoms with Gasteiger partial charge < -0.3 is 11.1 Å². The zero-order valence-electron chi connectivity index (χ0n) is 12.4. The fourth-order valence-electron chi connectivity index (χ4n) is 2.61. The second kappa shape index (κ2) is 5.51. The van der Waals surface area contributed by atoms with E-state index < -0.39 is 6.03 Å². The number of benzene rings is 2. The zero-order chi connectivity index (χ0) is 16.5. The van der Waals surface area contributed by atoms with Gasteiger partial charge in [-0.3, -0.25) is 10.2 Å². The standard InChI is InChI=1S/C16H13N7O/c17-16(24)20-11-3-1-2-9(6-11)14-12-7-10(15-18-8-19-23-15)4-5-13(12)21-22-14/h1-8H,(H,21,22)(H3,17,20,24)(H,18,19,23). The van der Waals surface area contributed by atoms with Gasteiger partial charge in [0.1, 0.15) is 6.33 Å². The topological polar surface area (TPSA) is 125 Å². The molecule has 0 saturated heterocycles. The molecular formula is C16H13N7O. The SMILES string of the molecule is NC(=O)Nc1cccc(-c2n[nH]c3ccc(-c4ncn[nH]4)cc23)c1. The van der Waals surface area contributed by atoms with Crippen LogP contribution in [0.1, 0.15) is 0 Å². The van der Waals surface area contributed by atoms with Crippen molar-refractivity contribution in [3.63, 3.8) is 0 Å². The lowest BCUT2D eigenvalue weighted by Gasteiger charge is -2.04. The number of rotatable bonds is 3. The van der Waals surface area contributed by atoms with Crippen molar-refractivity contribution in [1.82, 2.24) is 25.4 Å². The summed E-state index contributed by atoms with van der Waals surface area (Å²) in [6.45, 7) is 0. The van der Waals surface area contributed by atoms with Crippen LogP contribution in [0.4, 0.5) is 10.5 Å². The number of urea groups is 1. The van der Waals surface area contributed by atoms with Gasteiger partial charge in [0.2, 0.25) is 0 Å². The molecule has 2 aromatic carbocycles. The predicted molar refractivity (Wildman–Crippen MR) is 90.1 cm³/mol. The summed E-state index contributed by atoms with van der Waals surface area (Å²) in [4.78, 5) is 15.2. The van der Waals surface area contributed by atoms with E-state index in [1.165, 1.54) is 6.33 Å². The Morgan fingerprint density at radius 1 is 1.08 bits per heavy atom. The predicted octanol–water partition coefficient (Wildman–Crippen LogP) is 2.51. The Morgan fingerprint density at radius 3 is 2.79 bits per heavy atom. The van der Waals surface area contributed by atoms with E-state index in [1.807, 2.05) is 36.4 Å². The largest absolute Gasteiger partial charge is 0.351 e. The number of fused-ring (bicyclic) bond motifs is 1. The summed E-state index contributed by atoms with van der Waals surface area (Å²) in [6, 6.07) is 12.6. The van der Waals surface area contributed by atoms with E-state index in [-0.39, 0.29) is 0 Å². The molecule has 4 rings (SSSR count). The van der Waals surface area contributed by atoms with Crippen LogP contribution < -0.4 is 11.1 Å². The average molecular weight is 319 g/mol. The van der Waals surface area contributed by atoms with Crippen LogP contribution in [0.15, 0.2) is 48.8 Å². The van der Waals surface area contributed by atoms with Crippen molar-refractivity contribution in [2.24, 2.45) is 5.73 Å². The second-order valence-electron chi connectivity index (χ2n) is 5.24. The molecule has 0 aliphatic rings. The molecule has 0 aliphatic carbocycles. The van der Waals surface area contributed by atoms with E-state index in [0.29, 0.717) is 11.5 Å². The number of nitrogens with two attached hydrogens (primary N) is 1. The zero-order valence-corrected chi connectivity index (χ0v) is 12.4. The maximum Gasteiger partial charge on any atom is 0.316 e. The van der Waals surface area contributed by atoms with Crippen molar-refractivity contribution in [1.29, 1.82) is 0 Å². The van der Waals surface area contributed by atoms with Gasteiger partial charge in [-0.1, -0.05) is 12.1 Å². The molecule has 0 bridgehead atoms. The Hall–Kier alpha value is -3.68. The van der Waals surface area contributed by atoms with Gasteiger partial charge in [-0.05, 0) is 30.3 Å². The van der Waals surface area contributed by atoms with Gasteiger partial charge in [0.05, 0.1) is 11.2 Å². The van der Waals surface area contributed by atoms with Crippen LogP contribution in [0.25, 0.3) is 33.5 Å². The normalized spacial score (nSPS) is 10.8. The van der Waals surface area contributed by atoms with Crippen molar-refractivity contribution < 1.29 is 4.79 Å². The van der Waals surface area contributed by atoms with Gasteiger partial charge in [0.15, 0.2) is 5.82 Å². The lowest BCUT2D eigenvalue weighted by atomic mass is 10.0. The lowest BCUT2D eigenvalue weighted by Crippen LogP contribution is -2.19. The molecule has 24 heavy (non-hydrogen) atoms. The molecule has 0 fully saturated rings. The van der Waals surface area contributed by atoms with Gasteiger partial charge in [-0.25, -0.2) is 9.78 Å². The molecule has 0 spiro atoms. The van der Waals surface area contributed by atoms with E-state index in [1.54, 1.807) is 6.07 Å². The van der Waals surface area contributed by atoms with Crippen molar-refractivity contribution in [2.75, 3.05) is 5.32 Å². The summed E-state index contributed by atoms with van der Waals surface area (Å²) in [5, 5.41) is 17.6. The molecule has 0 radical (unpaired) electrons. The van der Waals surface area contributed by atoms with Crippen molar-refractivity contribution in [3.05, 3.63) is 48.8 Å². The van der Waals surface area contributed by atoms with Crippen molar-refractivity contribution >= 4 is 22.6 Å². The summed E-state index contributed by atoms with van der Waals surface area (Å²) in [7, 11) is 0. The highest BCUT2D eigenvalue weighted by Gasteiger charge is 2.11. The number of carbonyl (C=O) groups is 1. The smallest absolute Gasteiger partial charge is 0.316 e. The number of hydrogen-bond donors (Lipinski definition) is 4. The fraction of sp³-hybridized carbons (Fsp3) is 0. The Kier molecular flexibility index (Phi) is 3.20. The number of amides is 2. The van der Waals surface area contributed by atoms with Gasteiger partial charge in [-0.15, -0.1) is 0 Å². The number of anilines is 1. The molecule has 5 N–H and O–H groups in total. The highest BCUT2D eigenvalue weighted by molar-refractivity contribution is 5.96. The number of hydrogen-bond acceptors (Lipinski definition) is 4. The van der Waals surface area contributed by atoms with Crippen LogP contribution in [-0.4, -0.2) is 31.4 Å². The number of carbonyl (C=O) groups excluding carboxylic acids is 1. The molecule has 2 amide bonds. The minimum absolute atomic E-state index is 0.605. The van der Waals surface area contributed by atoms with E-state index in [9.17, 15) is 4.79 Å². The number of primary amides is 1. The van der Waals surface area contributed by atoms with Crippen molar-refractivity contribution in [2.45, 2.75) is 0 Å². The van der Waals surface area contributed by atoms with Crippen LogP contribution in [0.2, 0.25) is 0 Å². The maximum absolute atomic E-state index is 11.0. The van der Waals surface area contributed by atoms with E-state index in [2.05, 4.69) is 30.7 Å². The maximum atomic E-state index is 11.0. The first-order valence-electron chi connectivity index (χ1n) is 7.21. The first-order valence-corrected chi connectivity index (χ1v) is 7.21. The Morgan fingerprint density at radius 2 is 2.00 bits per heavy atom. The molecule has 4 aromatic rings. The molecule has 8 nitrogen and oxygen atoms in total. The molecule has 0 aliphatic heterocycles. The van der Waals surface area contributed by atoms with Crippen LogP contribution in [0, 0.1) is 0 Å². The monoisotopic (exact) mass is 319 g/mol. The molecular weight excluding hydrogens is 306 g/mol. The van der Waals surface area contributed by atoms with Gasteiger partial charge in [-0.2, -0.15) is 10.2 Å². The molecule has 0 saturated carbocycles. The molecule has 118 valence electrons. The third kappa shape index (κ3) is 2.45. The first kappa shape index (κ1) is 13.9. The number of H-pyrrole nitrogens is 2. The number of aromatic nitrogens is 5. The summed E-state index contributed by atoms with van der Waals surface area (Å²) in [5.74, 6) is 0.688. The van der Waals surface area contributed by atoms with E-state index in [0.717, 1.165) is 27.7 Å². The van der Waals surface area contributed by atoms with Gasteiger partial charge in [0, 0.05) is 22.2 Å². The molecule has 2 heterocycles. The third-order valence-corrected chi connectivity index (χ3v) is 3.65. The summed E-state index contributed by atoms with van der Waals surface area (Å²) in [6.07, 6.45) is 1.47. The van der Waals surface area contributed by atoms with Gasteiger partial charge >= 0.3 is 6.03 Å². The fourth-order valence-corrected chi connectivity index (χ4v) is 2.61. The Bertz CT molecular complexity index is 1020. The molecule has 8 heteroatoms. The number of nitrogens with one attached hydrogen (secondary N) is 3. The number of nitrogens with zero attached hydrogens (tertiary/aromatic N) is 3. The summed E-state index contributed by atoms with van der Waals surface area (Å²) in [5.41, 5.74) is 9.24.